The van der Waals surface area contributed by atoms with Gasteiger partial charge >= 0.3 is 0 Å². The van der Waals surface area contributed by atoms with E-state index in [4.69, 9.17) is 5.73 Å². The number of hydrogen-bond acceptors (Lipinski definition) is 5. The van der Waals surface area contributed by atoms with Crippen molar-refractivity contribution in [3.63, 3.8) is 0 Å². The zero-order chi connectivity index (χ0) is 13.8. The molecule has 0 spiro atoms. The quantitative estimate of drug-likeness (QED) is 0.591. The van der Waals surface area contributed by atoms with Crippen molar-refractivity contribution in [2.45, 2.75) is 31.3 Å². The summed E-state index contributed by atoms with van der Waals surface area (Å²) in [5.74, 6) is -0.327. The van der Waals surface area contributed by atoms with E-state index in [1.807, 2.05) is 7.05 Å². The largest absolute Gasteiger partial charge is 0.353 e. The van der Waals surface area contributed by atoms with Crippen LogP contribution in [0.5, 0.6) is 0 Å². The van der Waals surface area contributed by atoms with Crippen LogP contribution in [0.15, 0.2) is 0 Å². The van der Waals surface area contributed by atoms with E-state index in [1.165, 1.54) is 12.8 Å². The highest BCUT2D eigenvalue weighted by Gasteiger charge is 2.25. The smallest absolute Gasteiger partial charge is 0.236 e. The predicted octanol–water partition coefficient (Wildman–Crippen LogP) is -1.04. The van der Waals surface area contributed by atoms with Crippen molar-refractivity contribution >= 4 is 15.7 Å². The van der Waals surface area contributed by atoms with Crippen molar-refractivity contribution in [1.82, 2.24) is 10.2 Å². The Morgan fingerprint density at radius 1 is 1.50 bits per heavy atom. The third kappa shape index (κ3) is 6.32. The summed E-state index contributed by atoms with van der Waals surface area (Å²) in [6.07, 6.45) is 3.78. The summed E-state index contributed by atoms with van der Waals surface area (Å²) in [5, 5.41) is 2.73. The number of carbonyl (C=O) groups excluding carboxylic acids is 1. The number of carbonyl (C=O) groups is 1. The number of likely N-dealkylation sites (N-methyl/N-ethyl adjacent to an activating group) is 1. The Bertz CT molecular complexity index is 379. The van der Waals surface area contributed by atoms with Crippen LogP contribution in [0, 0.1) is 0 Å². The molecule has 7 heteroatoms. The van der Waals surface area contributed by atoms with Crippen molar-refractivity contribution in [2.24, 2.45) is 5.73 Å². The maximum absolute atomic E-state index is 11.6. The van der Waals surface area contributed by atoms with Gasteiger partial charge in [0, 0.05) is 25.4 Å². The number of amides is 1. The lowest BCUT2D eigenvalue weighted by atomic mass is 10.2. The Balaban J connectivity index is 2.14. The molecule has 1 fully saturated rings. The van der Waals surface area contributed by atoms with Crippen LogP contribution in [-0.4, -0.2) is 63.5 Å². The van der Waals surface area contributed by atoms with Crippen LogP contribution in [0.4, 0.5) is 0 Å². The molecule has 1 saturated carbocycles. The second-order valence-electron chi connectivity index (χ2n) is 5.03. The standard InChI is InChI=1S/C11H23N3O3S/c1-14(9-3-4-9)7-6-13-11(15)10(12)5-8-18(2,16)17/h9-10H,3-8,12H2,1-2H3,(H,13,15). The SMILES string of the molecule is CN(CCNC(=O)C(N)CCS(C)(=O)=O)C1CC1. The molecule has 0 radical (unpaired) electrons. The minimum absolute atomic E-state index is 0.0520. The fourth-order valence-corrected chi connectivity index (χ4v) is 2.34. The molecule has 1 unspecified atom stereocenters. The number of nitrogens with one attached hydrogen (secondary N) is 1. The Morgan fingerprint density at radius 2 is 2.11 bits per heavy atom. The van der Waals surface area contributed by atoms with Crippen molar-refractivity contribution in [3.8, 4) is 0 Å². The number of hydrogen-bond donors (Lipinski definition) is 2. The van der Waals surface area contributed by atoms with Crippen LogP contribution >= 0.6 is 0 Å². The molecule has 1 amide bonds. The third-order valence-electron chi connectivity index (χ3n) is 3.07. The van der Waals surface area contributed by atoms with E-state index in [0.717, 1.165) is 12.8 Å². The van der Waals surface area contributed by atoms with E-state index in [-0.39, 0.29) is 18.1 Å². The van der Waals surface area contributed by atoms with E-state index in [2.05, 4.69) is 10.2 Å². The zero-order valence-electron chi connectivity index (χ0n) is 11.1. The first kappa shape index (κ1) is 15.4. The average molecular weight is 277 g/mol. The summed E-state index contributed by atoms with van der Waals surface area (Å²) >= 11 is 0. The summed E-state index contributed by atoms with van der Waals surface area (Å²) < 4.78 is 21.9. The Labute approximate surface area is 109 Å². The number of nitrogens with zero attached hydrogens (tertiary/aromatic N) is 1. The zero-order valence-corrected chi connectivity index (χ0v) is 11.9. The minimum Gasteiger partial charge on any atom is -0.353 e. The summed E-state index contributed by atoms with van der Waals surface area (Å²) in [5.41, 5.74) is 5.62. The van der Waals surface area contributed by atoms with Gasteiger partial charge in [-0.3, -0.25) is 4.79 Å². The highest BCUT2D eigenvalue weighted by Crippen LogP contribution is 2.24. The van der Waals surface area contributed by atoms with E-state index in [1.54, 1.807) is 0 Å². The van der Waals surface area contributed by atoms with Gasteiger partial charge in [-0.2, -0.15) is 0 Å². The fraction of sp³-hybridized carbons (Fsp3) is 0.909. The Hall–Kier alpha value is -0.660. The van der Waals surface area contributed by atoms with Crippen molar-refractivity contribution in [2.75, 3.05) is 32.1 Å². The van der Waals surface area contributed by atoms with Gasteiger partial charge < -0.3 is 16.0 Å². The molecule has 6 nitrogen and oxygen atoms in total. The molecule has 1 aliphatic carbocycles. The first-order valence-electron chi connectivity index (χ1n) is 6.21. The van der Waals surface area contributed by atoms with E-state index in [9.17, 15) is 13.2 Å². The number of rotatable bonds is 8. The van der Waals surface area contributed by atoms with Crippen LogP contribution in [0.1, 0.15) is 19.3 Å². The van der Waals surface area contributed by atoms with Crippen molar-refractivity contribution in [3.05, 3.63) is 0 Å². The topological polar surface area (TPSA) is 92.5 Å². The summed E-state index contributed by atoms with van der Waals surface area (Å²) in [6, 6.07) is -0.0771. The van der Waals surface area contributed by atoms with E-state index >= 15 is 0 Å². The first-order chi connectivity index (χ1) is 8.29. The van der Waals surface area contributed by atoms with Gasteiger partial charge in [-0.1, -0.05) is 0 Å². The molecular formula is C11H23N3O3S. The third-order valence-corrected chi connectivity index (χ3v) is 4.05. The van der Waals surface area contributed by atoms with Crippen molar-refractivity contribution < 1.29 is 13.2 Å². The highest BCUT2D eigenvalue weighted by atomic mass is 32.2. The van der Waals surface area contributed by atoms with Gasteiger partial charge in [-0.25, -0.2) is 8.42 Å². The fourth-order valence-electron chi connectivity index (χ4n) is 1.66. The van der Waals surface area contributed by atoms with Crippen molar-refractivity contribution in [1.29, 1.82) is 0 Å². The molecule has 1 aliphatic rings. The van der Waals surface area contributed by atoms with Crippen LogP contribution in [-0.2, 0) is 14.6 Å². The van der Waals surface area contributed by atoms with Gasteiger partial charge in [0.15, 0.2) is 0 Å². The second kappa shape index (κ2) is 6.49. The molecule has 106 valence electrons. The average Bonchev–Trinajstić information content (AvgIpc) is 3.08. The molecule has 0 bridgehead atoms. The van der Waals surface area contributed by atoms with Crippen LogP contribution in [0.2, 0.25) is 0 Å². The molecule has 0 aromatic heterocycles. The number of nitrogens with two attached hydrogens (primary N) is 1. The van der Waals surface area contributed by atoms with Gasteiger partial charge in [0.25, 0.3) is 0 Å². The van der Waals surface area contributed by atoms with Crippen LogP contribution < -0.4 is 11.1 Å². The number of sulfone groups is 1. The first-order valence-corrected chi connectivity index (χ1v) is 8.27. The lowest BCUT2D eigenvalue weighted by molar-refractivity contribution is -0.122. The van der Waals surface area contributed by atoms with Gasteiger partial charge in [0.2, 0.25) is 5.91 Å². The molecule has 0 heterocycles. The van der Waals surface area contributed by atoms with E-state index < -0.39 is 15.9 Å². The minimum atomic E-state index is -3.06. The highest BCUT2D eigenvalue weighted by molar-refractivity contribution is 7.90. The monoisotopic (exact) mass is 277 g/mol. The van der Waals surface area contributed by atoms with Gasteiger partial charge in [-0.05, 0) is 26.3 Å². The molecule has 1 atom stereocenters. The van der Waals surface area contributed by atoms with Gasteiger partial charge in [0.05, 0.1) is 11.8 Å². The molecule has 0 aliphatic heterocycles. The van der Waals surface area contributed by atoms with Gasteiger partial charge in [-0.15, -0.1) is 0 Å². The second-order valence-corrected chi connectivity index (χ2v) is 7.29. The lowest BCUT2D eigenvalue weighted by Crippen LogP contribution is -2.44. The summed E-state index contributed by atoms with van der Waals surface area (Å²) in [4.78, 5) is 13.8. The van der Waals surface area contributed by atoms with Gasteiger partial charge in [0.1, 0.15) is 9.84 Å². The summed E-state index contributed by atoms with van der Waals surface area (Å²) in [7, 11) is -1.02. The normalized spacial score (nSPS) is 17.8. The van der Waals surface area contributed by atoms with E-state index in [0.29, 0.717) is 12.6 Å². The molecular weight excluding hydrogens is 254 g/mol. The molecule has 0 aromatic carbocycles. The maximum atomic E-state index is 11.6. The van der Waals surface area contributed by atoms with Crippen LogP contribution in [0.25, 0.3) is 0 Å². The molecule has 1 rings (SSSR count). The molecule has 18 heavy (non-hydrogen) atoms. The maximum Gasteiger partial charge on any atom is 0.236 e. The Kier molecular flexibility index (Phi) is 5.55. The summed E-state index contributed by atoms with van der Waals surface area (Å²) in [6.45, 7) is 1.35. The lowest BCUT2D eigenvalue weighted by Gasteiger charge is -2.17. The molecule has 0 aromatic rings. The Morgan fingerprint density at radius 3 is 2.61 bits per heavy atom. The molecule has 0 saturated heterocycles. The molecule has 3 N–H and O–H groups in total. The van der Waals surface area contributed by atoms with Crippen LogP contribution in [0.3, 0.4) is 0 Å². The predicted molar refractivity (Wildman–Crippen MR) is 71.0 cm³/mol.